The monoisotopic (exact) mass is 895 g/mol. The topological polar surface area (TPSA) is 296 Å². The van der Waals surface area contributed by atoms with Crippen molar-refractivity contribution in [3.63, 3.8) is 0 Å². The van der Waals surface area contributed by atoms with E-state index in [9.17, 15) is 49.2 Å². The fraction of sp³-hybridized carbons (Fsp3) is 0.375. The maximum atomic E-state index is 14.4. The fourth-order valence-electron chi connectivity index (χ4n) is 6.91. The van der Waals surface area contributed by atoms with Crippen LogP contribution in [0.1, 0.15) is 61.8 Å². The summed E-state index contributed by atoms with van der Waals surface area (Å²) in [6, 6.07) is 19.0. The highest BCUT2D eigenvalue weighted by Crippen LogP contribution is 2.17. The van der Waals surface area contributed by atoms with Gasteiger partial charge in [0.05, 0.1) is 6.04 Å². The van der Waals surface area contributed by atoms with E-state index in [0.29, 0.717) is 48.1 Å². The largest absolute Gasteiger partial charge is 0.508 e. The molecule has 4 rings (SSSR count). The first-order chi connectivity index (χ1) is 31.1. The van der Waals surface area contributed by atoms with E-state index < -0.39 is 71.8 Å². The fourth-order valence-corrected chi connectivity index (χ4v) is 6.91. The average molecular weight is 896 g/mol. The summed E-state index contributed by atoms with van der Waals surface area (Å²) >= 11 is 0. The summed E-state index contributed by atoms with van der Waals surface area (Å²) in [5, 5.41) is 53.3. The molecule has 0 fully saturated rings. The van der Waals surface area contributed by atoms with Gasteiger partial charge in [-0.1, -0.05) is 87.0 Å². The Morgan fingerprint density at radius 3 is 1.22 bits per heavy atom. The van der Waals surface area contributed by atoms with Crippen LogP contribution in [0.25, 0.3) is 0 Å². The van der Waals surface area contributed by atoms with Crippen molar-refractivity contribution in [3.8, 4) is 17.2 Å². The number of carbonyl (C=O) groups excluding carboxylic acids is 5. The number of nitrogens with two attached hydrogens (primary N) is 2. The van der Waals surface area contributed by atoms with Gasteiger partial charge in [0.1, 0.15) is 47.5 Å². The Morgan fingerprint density at radius 2 is 0.831 bits per heavy atom. The summed E-state index contributed by atoms with van der Waals surface area (Å²) < 4.78 is 0. The third-order valence-corrected chi connectivity index (χ3v) is 11.1. The number of unbranched alkanes of at least 4 members (excludes halogenated alkanes) is 1. The van der Waals surface area contributed by atoms with Crippen LogP contribution in [0.2, 0.25) is 0 Å². The molecule has 348 valence electrons. The normalized spacial score (nSPS) is 14.3. The van der Waals surface area contributed by atoms with Gasteiger partial charge in [0, 0.05) is 25.7 Å². The third-order valence-electron chi connectivity index (χ3n) is 11.1. The number of benzene rings is 4. The van der Waals surface area contributed by atoms with Crippen molar-refractivity contribution >= 4 is 35.5 Å². The SMILES string of the molecule is CC[C@H](C)[C@H](N)C(=O)N[C@@H](Cc1ccc(O)cc1)C(=O)N[C@@H](CCCCN)C(=O)N[C@@H](Cc1ccc(O)cc1)C(=O)N[C@@H](Cc1ccc(O)cc1)C(=O)N[C@@H](Cc1ccccc1)C(=O)O. The molecule has 65 heavy (non-hydrogen) atoms. The zero-order chi connectivity index (χ0) is 47.5. The van der Waals surface area contributed by atoms with Crippen molar-refractivity contribution in [3.05, 3.63) is 125 Å². The second kappa shape index (κ2) is 25.3. The maximum Gasteiger partial charge on any atom is 0.326 e. The number of hydrogen-bond donors (Lipinski definition) is 11. The van der Waals surface area contributed by atoms with Crippen LogP contribution in [-0.2, 0) is 54.5 Å². The van der Waals surface area contributed by atoms with Crippen LogP contribution in [0.4, 0.5) is 0 Å². The Hall–Kier alpha value is -6.98. The molecule has 13 N–H and O–H groups in total. The van der Waals surface area contributed by atoms with Crippen LogP contribution >= 0.6 is 0 Å². The van der Waals surface area contributed by atoms with Crippen LogP contribution in [0.3, 0.4) is 0 Å². The molecule has 0 heterocycles. The first-order valence-electron chi connectivity index (χ1n) is 21.6. The third kappa shape index (κ3) is 16.6. The minimum atomic E-state index is -1.39. The lowest BCUT2D eigenvalue weighted by Gasteiger charge is -2.28. The van der Waals surface area contributed by atoms with Crippen molar-refractivity contribution < 1.29 is 49.2 Å². The standard InChI is InChI=1S/C48H61N7O10/c1-3-29(2)42(50)47(63)54-40(27-33-16-22-36(58)23-17-33)44(60)51-37(11-7-8-24-49)43(59)52-38(25-31-12-18-34(56)19-13-31)45(61)53-39(26-32-14-20-35(57)21-15-32)46(62)55-41(48(64)65)28-30-9-5-4-6-10-30/h4-6,9-10,12-23,29,37-42,56-58H,3,7-8,11,24-28,49-50H2,1-2H3,(H,51,60)(H,52,59)(H,53,61)(H,54,63)(H,55,62)(H,64,65)/t29-,37-,38-,39-,40-,41-,42-/m0/s1. The number of amides is 5. The molecule has 0 aliphatic carbocycles. The molecule has 17 heteroatoms. The number of carbonyl (C=O) groups is 6. The van der Waals surface area contributed by atoms with Crippen LogP contribution in [0.15, 0.2) is 103 Å². The Morgan fingerprint density at radius 1 is 0.492 bits per heavy atom. The number of phenols is 3. The first-order valence-corrected chi connectivity index (χ1v) is 21.6. The number of aromatic hydroxyl groups is 3. The maximum absolute atomic E-state index is 14.4. The summed E-state index contributed by atoms with van der Waals surface area (Å²) in [5.41, 5.74) is 14.3. The Balaban J connectivity index is 1.65. The molecule has 0 aromatic heterocycles. The Labute approximate surface area is 378 Å². The van der Waals surface area contributed by atoms with E-state index in [2.05, 4.69) is 26.6 Å². The number of carboxylic acid groups (broad SMARTS) is 1. The number of hydrogen-bond acceptors (Lipinski definition) is 11. The van der Waals surface area contributed by atoms with E-state index in [0.717, 1.165) is 0 Å². The average Bonchev–Trinajstić information content (AvgIpc) is 3.29. The summed E-state index contributed by atoms with van der Waals surface area (Å²) in [6.45, 7) is 3.98. The molecular formula is C48H61N7O10. The van der Waals surface area contributed by atoms with Gasteiger partial charge in [-0.05, 0) is 90.4 Å². The van der Waals surface area contributed by atoms with E-state index in [1.807, 2.05) is 13.8 Å². The summed E-state index contributed by atoms with van der Waals surface area (Å²) in [7, 11) is 0. The highest BCUT2D eigenvalue weighted by molar-refractivity contribution is 5.96. The second-order valence-corrected chi connectivity index (χ2v) is 16.1. The van der Waals surface area contributed by atoms with Crippen molar-refractivity contribution in [2.24, 2.45) is 17.4 Å². The molecule has 0 spiro atoms. The van der Waals surface area contributed by atoms with E-state index in [-0.39, 0.29) is 55.3 Å². The van der Waals surface area contributed by atoms with Crippen molar-refractivity contribution in [1.29, 1.82) is 0 Å². The van der Waals surface area contributed by atoms with Crippen molar-refractivity contribution in [1.82, 2.24) is 26.6 Å². The smallest absolute Gasteiger partial charge is 0.326 e. The number of nitrogens with one attached hydrogen (secondary N) is 5. The zero-order valence-corrected chi connectivity index (χ0v) is 36.6. The molecule has 0 saturated carbocycles. The molecule has 4 aromatic carbocycles. The number of phenolic OH excluding ortho intramolecular Hbond substituents is 3. The molecular weight excluding hydrogens is 835 g/mol. The molecule has 4 aromatic rings. The van der Waals surface area contributed by atoms with Crippen molar-refractivity contribution in [2.75, 3.05) is 6.54 Å². The van der Waals surface area contributed by atoms with Gasteiger partial charge < -0.3 is 58.5 Å². The van der Waals surface area contributed by atoms with Crippen LogP contribution in [-0.4, -0.2) is 98.7 Å². The minimum Gasteiger partial charge on any atom is -0.508 e. The van der Waals surface area contributed by atoms with E-state index in [1.165, 1.54) is 36.4 Å². The van der Waals surface area contributed by atoms with Crippen LogP contribution in [0.5, 0.6) is 17.2 Å². The minimum absolute atomic E-state index is 0.0000636. The van der Waals surface area contributed by atoms with Crippen LogP contribution in [0, 0.1) is 5.92 Å². The summed E-state index contributed by atoms with van der Waals surface area (Å²) in [6.07, 6.45) is 1.21. The first kappa shape index (κ1) is 50.7. The molecule has 17 nitrogen and oxygen atoms in total. The summed E-state index contributed by atoms with van der Waals surface area (Å²) in [5.74, 6) is -5.32. The lowest BCUT2D eigenvalue weighted by molar-refractivity contribution is -0.142. The van der Waals surface area contributed by atoms with Gasteiger partial charge in [-0.3, -0.25) is 24.0 Å². The molecule has 0 unspecified atom stereocenters. The lowest BCUT2D eigenvalue weighted by atomic mass is 9.98. The zero-order valence-electron chi connectivity index (χ0n) is 36.6. The van der Waals surface area contributed by atoms with E-state index in [4.69, 9.17) is 11.5 Å². The van der Waals surface area contributed by atoms with Gasteiger partial charge in [-0.25, -0.2) is 4.79 Å². The molecule has 0 bridgehead atoms. The van der Waals surface area contributed by atoms with Gasteiger partial charge in [-0.2, -0.15) is 0 Å². The van der Waals surface area contributed by atoms with Gasteiger partial charge >= 0.3 is 5.97 Å². The van der Waals surface area contributed by atoms with Crippen molar-refractivity contribution in [2.45, 2.75) is 101 Å². The van der Waals surface area contributed by atoms with E-state index in [1.54, 1.807) is 66.7 Å². The predicted molar refractivity (Wildman–Crippen MR) is 243 cm³/mol. The van der Waals surface area contributed by atoms with Crippen LogP contribution < -0.4 is 38.1 Å². The van der Waals surface area contributed by atoms with Gasteiger partial charge in [0.25, 0.3) is 0 Å². The highest BCUT2D eigenvalue weighted by atomic mass is 16.4. The number of carboxylic acids is 1. The molecule has 0 radical (unpaired) electrons. The quantitative estimate of drug-likeness (QED) is 0.0427. The molecule has 0 saturated heterocycles. The Kier molecular flexibility index (Phi) is 19.8. The molecule has 0 aliphatic rings. The molecule has 0 aliphatic heterocycles. The van der Waals surface area contributed by atoms with E-state index >= 15 is 0 Å². The number of rotatable bonds is 25. The second-order valence-electron chi connectivity index (χ2n) is 16.1. The highest BCUT2D eigenvalue weighted by Gasteiger charge is 2.34. The Bertz CT molecular complexity index is 2170. The molecule has 7 atom stereocenters. The number of aliphatic carboxylic acids is 1. The summed E-state index contributed by atoms with van der Waals surface area (Å²) in [4.78, 5) is 82.6. The van der Waals surface area contributed by atoms with Gasteiger partial charge in [-0.15, -0.1) is 0 Å². The predicted octanol–water partition coefficient (Wildman–Crippen LogP) is 2.09. The lowest BCUT2D eigenvalue weighted by Crippen LogP contribution is -2.60. The molecule has 5 amide bonds. The van der Waals surface area contributed by atoms with Gasteiger partial charge in [0.15, 0.2) is 0 Å². The van der Waals surface area contributed by atoms with Gasteiger partial charge in [0.2, 0.25) is 29.5 Å².